The Hall–Kier alpha value is -1.05. The highest BCUT2D eigenvalue weighted by Crippen LogP contribution is 2.03. The summed E-state index contributed by atoms with van der Waals surface area (Å²) in [6, 6.07) is -0.723. The van der Waals surface area contributed by atoms with Crippen LogP contribution in [-0.4, -0.2) is 41.2 Å². The van der Waals surface area contributed by atoms with Crippen LogP contribution in [0.2, 0.25) is 0 Å². The van der Waals surface area contributed by atoms with Crippen molar-refractivity contribution in [1.29, 1.82) is 0 Å². The first kappa shape index (κ1) is 21.3. The van der Waals surface area contributed by atoms with Crippen LogP contribution in [0, 0.1) is 5.92 Å². The summed E-state index contributed by atoms with van der Waals surface area (Å²) in [5, 5.41) is 0.972. The number of alkyl halides is 1. The van der Waals surface area contributed by atoms with E-state index >= 15 is 0 Å². The third kappa shape index (κ3) is 8.95. The number of hydrogen-bond donors (Lipinski definition) is 3. The van der Waals surface area contributed by atoms with Crippen LogP contribution in [0.5, 0.6) is 0 Å². The molecule has 0 fully saturated rings. The van der Waals surface area contributed by atoms with E-state index in [4.69, 9.17) is 23.1 Å². The first-order chi connectivity index (χ1) is 8.77. The van der Waals surface area contributed by atoms with E-state index in [1.54, 1.807) is 0 Å². The molecular weight excluding hydrogens is 307 g/mol. The summed E-state index contributed by atoms with van der Waals surface area (Å²) in [6.45, 7) is 3.84. The van der Waals surface area contributed by atoms with Gasteiger partial charge in [-0.1, -0.05) is 13.8 Å². The van der Waals surface area contributed by atoms with Gasteiger partial charge in [0.25, 0.3) is 11.8 Å². The number of halogens is 2. The minimum absolute atomic E-state index is 0. The lowest BCUT2D eigenvalue weighted by molar-refractivity contribution is -0.140. The monoisotopic (exact) mass is 328 g/mol. The van der Waals surface area contributed by atoms with E-state index in [1.807, 2.05) is 13.8 Å². The summed E-state index contributed by atoms with van der Waals surface area (Å²) in [6.07, 6.45) is 0.423. The Morgan fingerprint density at radius 1 is 1.30 bits per heavy atom. The molecule has 0 aliphatic rings. The van der Waals surface area contributed by atoms with Crippen molar-refractivity contribution in [3.63, 3.8) is 0 Å². The van der Waals surface area contributed by atoms with Gasteiger partial charge in [-0.3, -0.25) is 24.8 Å². The van der Waals surface area contributed by atoms with Crippen molar-refractivity contribution in [2.75, 3.05) is 12.4 Å². The quantitative estimate of drug-likeness (QED) is 0.441. The number of carbonyl (C=O) groups is 3. The lowest BCUT2D eigenvalue weighted by Gasteiger charge is -2.24. The SMILES string of the molecule is CC(C)CC(N)C(=O)NN(CCC(N)=O)C(=O)CCl.Cl. The molecule has 1 unspecified atom stereocenters. The number of primary amides is 1. The fraction of sp³-hybridized carbons (Fsp3) is 0.727. The second kappa shape index (κ2) is 10.7. The van der Waals surface area contributed by atoms with E-state index in [1.165, 1.54) is 0 Å². The van der Waals surface area contributed by atoms with E-state index in [9.17, 15) is 14.4 Å². The first-order valence-electron chi connectivity index (χ1n) is 5.98. The van der Waals surface area contributed by atoms with Gasteiger partial charge in [-0.15, -0.1) is 24.0 Å². The molecule has 7 nitrogen and oxygen atoms in total. The minimum atomic E-state index is -0.723. The molecule has 20 heavy (non-hydrogen) atoms. The van der Waals surface area contributed by atoms with Crippen LogP contribution in [0.4, 0.5) is 0 Å². The van der Waals surface area contributed by atoms with Gasteiger partial charge in [-0.25, -0.2) is 0 Å². The zero-order chi connectivity index (χ0) is 15.0. The summed E-state index contributed by atoms with van der Waals surface area (Å²) < 4.78 is 0. The molecule has 0 rings (SSSR count). The summed E-state index contributed by atoms with van der Waals surface area (Å²) in [5.74, 6) is -1.64. The third-order valence-electron chi connectivity index (χ3n) is 2.30. The molecule has 0 bridgehead atoms. The van der Waals surface area contributed by atoms with Crippen molar-refractivity contribution in [3.05, 3.63) is 0 Å². The van der Waals surface area contributed by atoms with Gasteiger partial charge in [0.1, 0.15) is 5.88 Å². The number of nitrogens with one attached hydrogen (secondary N) is 1. The van der Waals surface area contributed by atoms with E-state index in [0.717, 1.165) is 5.01 Å². The maximum Gasteiger partial charge on any atom is 0.255 e. The Morgan fingerprint density at radius 3 is 2.25 bits per heavy atom. The molecule has 9 heteroatoms. The average molecular weight is 329 g/mol. The van der Waals surface area contributed by atoms with Gasteiger partial charge in [0, 0.05) is 6.42 Å². The molecule has 0 aromatic heterocycles. The molecule has 5 N–H and O–H groups in total. The molecule has 0 saturated carbocycles. The Kier molecular flexibility index (Phi) is 11.4. The van der Waals surface area contributed by atoms with Crippen molar-refractivity contribution in [2.24, 2.45) is 17.4 Å². The first-order valence-corrected chi connectivity index (χ1v) is 6.52. The van der Waals surface area contributed by atoms with Gasteiger partial charge in [0.2, 0.25) is 5.91 Å². The molecule has 118 valence electrons. The van der Waals surface area contributed by atoms with Gasteiger partial charge >= 0.3 is 0 Å². The molecule has 0 aromatic rings. The molecule has 3 amide bonds. The molecule has 0 saturated heterocycles. The van der Waals surface area contributed by atoms with Crippen molar-refractivity contribution in [1.82, 2.24) is 10.4 Å². The molecule has 0 aliphatic carbocycles. The maximum absolute atomic E-state index is 11.8. The molecule has 0 aliphatic heterocycles. The second-order valence-corrected chi connectivity index (χ2v) is 4.87. The Morgan fingerprint density at radius 2 is 1.85 bits per heavy atom. The van der Waals surface area contributed by atoms with E-state index < -0.39 is 23.8 Å². The number of carbonyl (C=O) groups excluding carboxylic acids is 3. The van der Waals surface area contributed by atoms with Crippen LogP contribution in [0.15, 0.2) is 0 Å². The van der Waals surface area contributed by atoms with Crippen molar-refractivity contribution < 1.29 is 14.4 Å². The maximum atomic E-state index is 11.8. The topological polar surface area (TPSA) is 119 Å². The number of amides is 3. The predicted molar refractivity (Wildman–Crippen MR) is 79.1 cm³/mol. The van der Waals surface area contributed by atoms with Crippen LogP contribution in [0.25, 0.3) is 0 Å². The highest BCUT2D eigenvalue weighted by atomic mass is 35.5. The Bertz CT molecular complexity index is 340. The zero-order valence-electron chi connectivity index (χ0n) is 11.6. The molecule has 0 spiro atoms. The van der Waals surface area contributed by atoms with Gasteiger partial charge in [-0.2, -0.15) is 0 Å². The van der Waals surface area contributed by atoms with Gasteiger partial charge in [0.15, 0.2) is 0 Å². The Labute approximate surface area is 129 Å². The number of nitrogens with two attached hydrogens (primary N) is 2. The van der Waals surface area contributed by atoms with Crippen molar-refractivity contribution in [3.8, 4) is 0 Å². The van der Waals surface area contributed by atoms with E-state index in [2.05, 4.69) is 5.43 Å². The summed E-state index contributed by atoms with van der Waals surface area (Å²) in [5.41, 5.74) is 13.0. The van der Waals surface area contributed by atoms with Gasteiger partial charge in [-0.05, 0) is 12.3 Å². The molecule has 0 aromatic carbocycles. The number of nitrogens with zero attached hydrogens (tertiary/aromatic N) is 1. The predicted octanol–water partition coefficient (Wildman–Crippen LogP) is -0.244. The lowest BCUT2D eigenvalue weighted by Crippen LogP contribution is -2.53. The van der Waals surface area contributed by atoms with Gasteiger partial charge in [0.05, 0.1) is 12.6 Å². The lowest BCUT2D eigenvalue weighted by atomic mass is 10.0. The number of hydrazine groups is 1. The van der Waals surface area contributed by atoms with Crippen molar-refractivity contribution >= 4 is 41.7 Å². The smallest absolute Gasteiger partial charge is 0.255 e. The van der Waals surface area contributed by atoms with Crippen LogP contribution < -0.4 is 16.9 Å². The van der Waals surface area contributed by atoms with Crippen LogP contribution in [-0.2, 0) is 14.4 Å². The normalized spacial score (nSPS) is 11.4. The molecular formula is C11H22Cl2N4O3. The summed E-state index contributed by atoms with van der Waals surface area (Å²) >= 11 is 5.42. The highest BCUT2D eigenvalue weighted by Gasteiger charge is 2.20. The van der Waals surface area contributed by atoms with E-state index in [0.29, 0.717) is 6.42 Å². The second-order valence-electron chi connectivity index (χ2n) is 4.61. The molecule has 0 radical (unpaired) electrons. The molecule has 0 heterocycles. The molecule has 1 atom stereocenters. The third-order valence-corrected chi connectivity index (χ3v) is 2.53. The standard InChI is InChI=1S/C11H21ClN4O3.ClH/c1-7(2)5-8(13)11(19)15-16(10(18)6-12)4-3-9(14)17;/h7-8H,3-6,13H2,1-2H3,(H2,14,17)(H,15,19);1H. The van der Waals surface area contributed by atoms with Crippen LogP contribution in [0.1, 0.15) is 26.7 Å². The summed E-state index contributed by atoms with van der Waals surface area (Å²) in [4.78, 5) is 33.9. The van der Waals surface area contributed by atoms with Crippen LogP contribution >= 0.6 is 24.0 Å². The number of rotatable bonds is 7. The fourth-order valence-corrected chi connectivity index (χ4v) is 1.51. The highest BCUT2D eigenvalue weighted by molar-refractivity contribution is 6.27. The minimum Gasteiger partial charge on any atom is -0.370 e. The number of hydrogen-bond acceptors (Lipinski definition) is 4. The summed E-state index contributed by atoms with van der Waals surface area (Å²) in [7, 11) is 0. The fourth-order valence-electron chi connectivity index (χ4n) is 1.37. The van der Waals surface area contributed by atoms with Crippen LogP contribution in [0.3, 0.4) is 0 Å². The zero-order valence-corrected chi connectivity index (χ0v) is 13.2. The van der Waals surface area contributed by atoms with E-state index in [-0.39, 0.29) is 37.2 Å². The van der Waals surface area contributed by atoms with Crippen molar-refractivity contribution in [2.45, 2.75) is 32.7 Å². The Balaban J connectivity index is 0. The largest absolute Gasteiger partial charge is 0.370 e. The average Bonchev–Trinajstić information content (AvgIpc) is 2.31. The van der Waals surface area contributed by atoms with Gasteiger partial charge < -0.3 is 11.5 Å².